The van der Waals surface area contributed by atoms with E-state index in [1.807, 2.05) is 51.1 Å². The van der Waals surface area contributed by atoms with Crippen molar-refractivity contribution < 1.29 is 19.2 Å². The molecule has 148 valence electrons. The molecule has 0 unspecified atom stereocenters. The predicted octanol–water partition coefficient (Wildman–Crippen LogP) is 3.16. The van der Waals surface area contributed by atoms with E-state index in [0.29, 0.717) is 6.54 Å². The molecule has 0 aliphatic rings. The molecule has 0 aliphatic heterocycles. The van der Waals surface area contributed by atoms with E-state index in [1.165, 1.54) is 12.1 Å². The van der Waals surface area contributed by atoms with Crippen LogP contribution in [0.5, 0.6) is 0 Å². The van der Waals surface area contributed by atoms with Gasteiger partial charge in [-0.05, 0) is 38.5 Å². The molecule has 2 N–H and O–H groups in total. The molecule has 0 bridgehead atoms. The van der Waals surface area contributed by atoms with E-state index in [2.05, 4.69) is 0 Å². The average Bonchev–Trinajstić information content (AvgIpc) is 2.64. The van der Waals surface area contributed by atoms with Crippen LogP contribution in [0.3, 0.4) is 0 Å². The third kappa shape index (κ3) is 5.29. The van der Waals surface area contributed by atoms with E-state index in [-0.39, 0.29) is 22.8 Å². The number of anilines is 1. The standard InChI is InChI=1S/C20H23N3O5/c1-20(2,3)22(12-14-7-5-4-6-8-14)18(24)13-28-19(25)15-9-10-16(21)17(11-15)23(26)27/h4-11H,12-13,21H2,1-3H3. The van der Waals surface area contributed by atoms with E-state index in [1.54, 1.807) is 4.90 Å². The fraction of sp³-hybridized carbons (Fsp3) is 0.300. The third-order valence-electron chi connectivity index (χ3n) is 4.08. The highest BCUT2D eigenvalue weighted by Gasteiger charge is 2.27. The summed E-state index contributed by atoms with van der Waals surface area (Å²) in [5, 5.41) is 10.9. The van der Waals surface area contributed by atoms with Crippen LogP contribution in [0.4, 0.5) is 11.4 Å². The maximum atomic E-state index is 12.7. The number of benzene rings is 2. The molecule has 1 amide bonds. The summed E-state index contributed by atoms with van der Waals surface area (Å²) in [6.07, 6.45) is 0. The number of nitro benzene ring substituents is 1. The predicted molar refractivity (Wildman–Crippen MR) is 105 cm³/mol. The van der Waals surface area contributed by atoms with Gasteiger partial charge in [0.15, 0.2) is 6.61 Å². The topological polar surface area (TPSA) is 116 Å². The van der Waals surface area contributed by atoms with Crippen molar-refractivity contribution in [2.45, 2.75) is 32.9 Å². The summed E-state index contributed by atoms with van der Waals surface area (Å²) in [4.78, 5) is 36.8. The van der Waals surface area contributed by atoms with Gasteiger partial charge in [0.1, 0.15) is 5.69 Å². The summed E-state index contributed by atoms with van der Waals surface area (Å²) >= 11 is 0. The largest absolute Gasteiger partial charge is 0.452 e. The molecule has 8 nitrogen and oxygen atoms in total. The van der Waals surface area contributed by atoms with Crippen LogP contribution >= 0.6 is 0 Å². The highest BCUT2D eigenvalue weighted by Crippen LogP contribution is 2.23. The molecule has 0 spiro atoms. The van der Waals surface area contributed by atoms with Crippen LogP contribution < -0.4 is 5.73 Å². The van der Waals surface area contributed by atoms with Gasteiger partial charge in [-0.15, -0.1) is 0 Å². The van der Waals surface area contributed by atoms with Crippen molar-refractivity contribution >= 4 is 23.3 Å². The molecule has 28 heavy (non-hydrogen) atoms. The van der Waals surface area contributed by atoms with Crippen LogP contribution in [0.15, 0.2) is 48.5 Å². The smallest absolute Gasteiger partial charge is 0.338 e. The second-order valence-corrected chi connectivity index (χ2v) is 7.24. The third-order valence-corrected chi connectivity index (χ3v) is 4.08. The highest BCUT2D eigenvalue weighted by molar-refractivity contribution is 5.92. The monoisotopic (exact) mass is 385 g/mol. The Morgan fingerprint density at radius 1 is 1.14 bits per heavy atom. The van der Waals surface area contributed by atoms with E-state index in [9.17, 15) is 19.7 Å². The summed E-state index contributed by atoms with van der Waals surface area (Å²) in [6, 6.07) is 13.1. The molecule has 0 saturated carbocycles. The van der Waals surface area contributed by atoms with Gasteiger partial charge >= 0.3 is 5.97 Å². The van der Waals surface area contributed by atoms with Gasteiger partial charge in [-0.3, -0.25) is 14.9 Å². The summed E-state index contributed by atoms with van der Waals surface area (Å²) in [7, 11) is 0. The maximum absolute atomic E-state index is 12.7. The number of hydrogen-bond donors (Lipinski definition) is 1. The molecular formula is C20H23N3O5. The van der Waals surface area contributed by atoms with Gasteiger partial charge in [0.2, 0.25) is 0 Å². The molecule has 2 aromatic rings. The number of amides is 1. The summed E-state index contributed by atoms with van der Waals surface area (Å²) < 4.78 is 5.08. The van der Waals surface area contributed by atoms with E-state index < -0.39 is 23.0 Å². The van der Waals surface area contributed by atoms with Crippen LogP contribution in [0, 0.1) is 10.1 Å². The fourth-order valence-corrected chi connectivity index (χ4v) is 2.58. The summed E-state index contributed by atoms with van der Waals surface area (Å²) in [6.45, 7) is 5.56. The zero-order chi connectivity index (χ0) is 20.9. The minimum atomic E-state index is -0.829. The number of nitrogens with two attached hydrogens (primary N) is 1. The average molecular weight is 385 g/mol. The molecule has 0 saturated heterocycles. The Hall–Kier alpha value is -3.42. The van der Waals surface area contributed by atoms with Gasteiger partial charge in [0.25, 0.3) is 11.6 Å². The van der Waals surface area contributed by atoms with Crippen molar-refractivity contribution in [3.8, 4) is 0 Å². The van der Waals surface area contributed by atoms with Crippen molar-refractivity contribution in [2.75, 3.05) is 12.3 Å². The number of nitro groups is 1. The minimum absolute atomic E-state index is 0.0425. The Balaban J connectivity index is 2.08. The highest BCUT2D eigenvalue weighted by atomic mass is 16.6. The second-order valence-electron chi connectivity index (χ2n) is 7.24. The Labute approximate surface area is 163 Å². The Bertz CT molecular complexity index is 875. The number of nitrogens with zero attached hydrogens (tertiary/aromatic N) is 2. The minimum Gasteiger partial charge on any atom is -0.452 e. The Morgan fingerprint density at radius 3 is 2.36 bits per heavy atom. The zero-order valence-electron chi connectivity index (χ0n) is 16.0. The van der Waals surface area contributed by atoms with Gasteiger partial charge in [0, 0.05) is 18.2 Å². The van der Waals surface area contributed by atoms with E-state index in [0.717, 1.165) is 11.6 Å². The lowest BCUT2D eigenvalue weighted by atomic mass is 10.0. The molecule has 0 atom stereocenters. The van der Waals surface area contributed by atoms with Crippen LogP contribution in [-0.2, 0) is 16.1 Å². The van der Waals surface area contributed by atoms with Gasteiger partial charge in [-0.2, -0.15) is 0 Å². The number of carbonyl (C=O) groups is 2. The SMILES string of the molecule is CC(C)(C)N(Cc1ccccc1)C(=O)COC(=O)c1ccc(N)c([N+](=O)[O-])c1. The number of carbonyl (C=O) groups excluding carboxylic acids is 2. The molecule has 0 heterocycles. The van der Waals surface area contributed by atoms with Gasteiger partial charge in [-0.25, -0.2) is 4.79 Å². The lowest BCUT2D eigenvalue weighted by Crippen LogP contribution is -2.46. The van der Waals surface area contributed by atoms with Crippen molar-refractivity contribution in [2.24, 2.45) is 0 Å². The van der Waals surface area contributed by atoms with Crippen LogP contribution in [-0.4, -0.2) is 33.8 Å². The normalized spacial score (nSPS) is 11.0. The first-order valence-electron chi connectivity index (χ1n) is 8.65. The van der Waals surface area contributed by atoms with E-state index >= 15 is 0 Å². The molecule has 0 fully saturated rings. The van der Waals surface area contributed by atoms with Crippen molar-refractivity contribution in [1.29, 1.82) is 0 Å². The molecule has 0 aliphatic carbocycles. The van der Waals surface area contributed by atoms with Crippen molar-refractivity contribution in [3.05, 3.63) is 69.8 Å². The molecule has 0 radical (unpaired) electrons. The van der Waals surface area contributed by atoms with Crippen LogP contribution in [0.25, 0.3) is 0 Å². The van der Waals surface area contributed by atoms with Gasteiger partial charge in [-0.1, -0.05) is 30.3 Å². The molecule has 2 aromatic carbocycles. The summed E-state index contributed by atoms with van der Waals surface area (Å²) in [5.74, 6) is -1.19. The molecule has 8 heteroatoms. The number of esters is 1. The number of ether oxygens (including phenoxy) is 1. The second kappa shape index (κ2) is 8.51. The molecule has 2 rings (SSSR count). The quantitative estimate of drug-likeness (QED) is 0.353. The molecular weight excluding hydrogens is 362 g/mol. The first-order chi connectivity index (χ1) is 13.1. The van der Waals surface area contributed by atoms with Crippen LogP contribution in [0.2, 0.25) is 0 Å². The fourth-order valence-electron chi connectivity index (χ4n) is 2.58. The van der Waals surface area contributed by atoms with Crippen LogP contribution in [0.1, 0.15) is 36.7 Å². The van der Waals surface area contributed by atoms with Crippen molar-refractivity contribution in [3.63, 3.8) is 0 Å². The number of nitrogen functional groups attached to an aromatic ring is 1. The first kappa shape index (κ1) is 20.9. The Kier molecular flexibility index (Phi) is 6.35. The number of rotatable bonds is 6. The lowest BCUT2D eigenvalue weighted by molar-refractivity contribution is -0.383. The van der Waals surface area contributed by atoms with Crippen molar-refractivity contribution in [1.82, 2.24) is 4.90 Å². The van der Waals surface area contributed by atoms with E-state index in [4.69, 9.17) is 10.5 Å². The first-order valence-corrected chi connectivity index (χ1v) is 8.65. The number of hydrogen-bond acceptors (Lipinski definition) is 6. The maximum Gasteiger partial charge on any atom is 0.338 e. The van der Waals surface area contributed by atoms with Gasteiger partial charge in [0.05, 0.1) is 10.5 Å². The lowest BCUT2D eigenvalue weighted by Gasteiger charge is -2.35. The summed E-state index contributed by atoms with van der Waals surface area (Å²) in [5.41, 5.74) is 5.50. The van der Waals surface area contributed by atoms with Gasteiger partial charge < -0.3 is 15.4 Å². The zero-order valence-corrected chi connectivity index (χ0v) is 16.0. The molecule has 0 aromatic heterocycles. The Morgan fingerprint density at radius 2 is 1.79 bits per heavy atom.